The Morgan fingerprint density at radius 2 is 2.00 bits per heavy atom. The molecule has 3 rings (SSSR count). The Morgan fingerprint density at radius 3 is 2.89 bits per heavy atom. The molecule has 0 aliphatic heterocycles. The summed E-state index contributed by atoms with van der Waals surface area (Å²) in [6.45, 7) is 0. The Morgan fingerprint density at radius 1 is 1.11 bits per heavy atom. The summed E-state index contributed by atoms with van der Waals surface area (Å²) in [7, 11) is 0. The van der Waals surface area contributed by atoms with Gasteiger partial charge in [0.15, 0.2) is 0 Å². The Kier molecular flexibility index (Phi) is 2.65. The number of hydrogen-bond donors (Lipinski definition) is 1. The molecule has 0 bridgehead atoms. The molecule has 1 aromatic carbocycles. The molecule has 3 aromatic rings. The number of para-hydroxylation sites is 1. The number of pyridine rings is 1. The molecule has 2 aromatic heterocycles. The van der Waals surface area contributed by atoms with Crippen LogP contribution in [-0.4, -0.2) is 9.97 Å². The van der Waals surface area contributed by atoms with E-state index < -0.39 is 5.95 Å². The van der Waals surface area contributed by atoms with Gasteiger partial charge in [-0.3, -0.25) is 0 Å². The summed E-state index contributed by atoms with van der Waals surface area (Å²) in [4.78, 5) is 6.73. The third kappa shape index (κ3) is 2.02. The maximum atomic E-state index is 12.9. The number of aromatic nitrogens is 2. The van der Waals surface area contributed by atoms with Crippen LogP contribution in [-0.2, 0) is 0 Å². The van der Waals surface area contributed by atoms with Crippen molar-refractivity contribution in [2.75, 3.05) is 0 Å². The molecule has 3 heteroatoms. The van der Waals surface area contributed by atoms with Crippen LogP contribution in [0.1, 0.15) is 11.1 Å². The van der Waals surface area contributed by atoms with Crippen LogP contribution in [0.15, 0.2) is 48.8 Å². The SMILES string of the molecule is Fc1cc(C=Cc2c[nH]c3ccccc23)ccn1. The van der Waals surface area contributed by atoms with Gasteiger partial charge in [-0.15, -0.1) is 0 Å². The quantitative estimate of drug-likeness (QED) is 0.674. The molecular weight excluding hydrogens is 227 g/mol. The van der Waals surface area contributed by atoms with Crippen molar-refractivity contribution in [1.29, 1.82) is 0 Å². The van der Waals surface area contributed by atoms with Gasteiger partial charge in [0.2, 0.25) is 5.95 Å². The Balaban J connectivity index is 1.97. The normalized spacial score (nSPS) is 11.4. The molecule has 0 amide bonds. The van der Waals surface area contributed by atoms with Crippen molar-refractivity contribution in [2.24, 2.45) is 0 Å². The summed E-state index contributed by atoms with van der Waals surface area (Å²) in [5.74, 6) is -0.462. The third-order valence-corrected chi connectivity index (χ3v) is 2.83. The predicted octanol–water partition coefficient (Wildman–Crippen LogP) is 3.87. The van der Waals surface area contributed by atoms with E-state index in [2.05, 4.69) is 16.0 Å². The summed E-state index contributed by atoms with van der Waals surface area (Å²) >= 11 is 0. The molecule has 88 valence electrons. The summed E-state index contributed by atoms with van der Waals surface area (Å²) < 4.78 is 12.9. The summed E-state index contributed by atoms with van der Waals surface area (Å²) in [5, 5.41) is 1.16. The Bertz CT molecular complexity index is 713. The molecule has 0 saturated heterocycles. The van der Waals surface area contributed by atoms with Crippen molar-refractivity contribution in [3.8, 4) is 0 Å². The van der Waals surface area contributed by atoms with Crippen molar-refractivity contribution in [3.63, 3.8) is 0 Å². The summed E-state index contributed by atoms with van der Waals surface area (Å²) in [6, 6.07) is 11.3. The van der Waals surface area contributed by atoms with Gasteiger partial charge >= 0.3 is 0 Å². The maximum Gasteiger partial charge on any atom is 0.213 e. The first-order chi connectivity index (χ1) is 8.83. The fraction of sp³-hybridized carbons (Fsp3) is 0. The number of rotatable bonds is 2. The first-order valence-electron chi connectivity index (χ1n) is 5.69. The lowest BCUT2D eigenvalue weighted by Crippen LogP contribution is -1.81. The van der Waals surface area contributed by atoms with E-state index >= 15 is 0 Å². The number of nitrogens with zero attached hydrogens (tertiary/aromatic N) is 1. The maximum absolute atomic E-state index is 12.9. The number of benzene rings is 1. The zero-order chi connectivity index (χ0) is 12.4. The summed E-state index contributed by atoms with van der Waals surface area (Å²) in [6.07, 6.45) is 7.25. The number of nitrogens with one attached hydrogen (secondary N) is 1. The van der Waals surface area contributed by atoms with E-state index in [1.807, 2.05) is 36.5 Å². The van der Waals surface area contributed by atoms with Gasteiger partial charge in [0.25, 0.3) is 0 Å². The van der Waals surface area contributed by atoms with Crippen molar-refractivity contribution in [2.45, 2.75) is 0 Å². The van der Waals surface area contributed by atoms with Crippen molar-refractivity contribution in [3.05, 3.63) is 65.9 Å². The minimum atomic E-state index is -0.462. The minimum absolute atomic E-state index is 0.462. The van der Waals surface area contributed by atoms with Gasteiger partial charge in [-0.05, 0) is 23.3 Å². The monoisotopic (exact) mass is 238 g/mol. The number of hydrogen-bond acceptors (Lipinski definition) is 1. The molecule has 18 heavy (non-hydrogen) atoms. The molecule has 0 radical (unpaired) electrons. The van der Waals surface area contributed by atoms with Crippen LogP contribution >= 0.6 is 0 Å². The van der Waals surface area contributed by atoms with Gasteiger partial charge in [0.05, 0.1) is 0 Å². The molecule has 2 heterocycles. The van der Waals surface area contributed by atoms with E-state index in [0.717, 1.165) is 22.0 Å². The van der Waals surface area contributed by atoms with E-state index in [1.54, 1.807) is 6.07 Å². The van der Waals surface area contributed by atoms with Gasteiger partial charge in [0, 0.05) is 29.4 Å². The zero-order valence-electron chi connectivity index (χ0n) is 9.60. The van der Waals surface area contributed by atoms with Crippen LogP contribution in [0.5, 0.6) is 0 Å². The molecule has 0 fully saturated rings. The molecule has 0 atom stereocenters. The standard InChI is InChI=1S/C15H11FN2/c16-15-9-11(7-8-17-15)5-6-12-10-18-14-4-2-1-3-13(12)14/h1-10,18H. The lowest BCUT2D eigenvalue weighted by atomic mass is 10.1. The fourth-order valence-electron chi connectivity index (χ4n) is 1.94. The predicted molar refractivity (Wildman–Crippen MR) is 71.4 cm³/mol. The second kappa shape index (κ2) is 4.45. The second-order valence-electron chi connectivity index (χ2n) is 4.03. The molecule has 1 N–H and O–H groups in total. The Labute approximate surface area is 104 Å². The number of fused-ring (bicyclic) bond motifs is 1. The van der Waals surface area contributed by atoms with Crippen molar-refractivity contribution in [1.82, 2.24) is 9.97 Å². The molecule has 0 aliphatic carbocycles. The molecule has 0 unspecified atom stereocenters. The van der Waals surface area contributed by atoms with Crippen LogP contribution in [0.25, 0.3) is 23.1 Å². The van der Waals surface area contributed by atoms with Gasteiger partial charge in [-0.1, -0.05) is 30.4 Å². The van der Waals surface area contributed by atoms with Gasteiger partial charge in [-0.25, -0.2) is 4.98 Å². The van der Waals surface area contributed by atoms with Crippen LogP contribution in [0.4, 0.5) is 4.39 Å². The number of aromatic amines is 1. The summed E-state index contributed by atoms with van der Waals surface area (Å²) in [5.41, 5.74) is 2.98. The van der Waals surface area contributed by atoms with Crippen LogP contribution in [0.3, 0.4) is 0 Å². The highest BCUT2D eigenvalue weighted by atomic mass is 19.1. The minimum Gasteiger partial charge on any atom is -0.361 e. The van der Waals surface area contributed by atoms with Crippen LogP contribution < -0.4 is 0 Å². The second-order valence-corrected chi connectivity index (χ2v) is 4.03. The Hall–Kier alpha value is -2.42. The van der Waals surface area contributed by atoms with Gasteiger partial charge < -0.3 is 4.98 Å². The lowest BCUT2D eigenvalue weighted by molar-refractivity contribution is 0.583. The highest BCUT2D eigenvalue weighted by Crippen LogP contribution is 2.19. The molecule has 0 spiro atoms. The highest BCUT2D eigenvalue weighted by molar-refractivity contribution is 5.91. The van der Waals surface area contributed by atoms with E-state index in [-0.39, 0.29) is 0 Å². The smallest absolute Gasteiger partial charge is 0.213 e. The molecule has 2 nitrogen and oxygen atoms in total. The fourth-order valence-corrected chi connectivity index (χ4v) is 1.94. The van der Waals surface area contributed by atoms with Crippen LogP contribution in [0, 0.1) is 5.95 Å². The van der Waals surface area contributed by atoms with Gasteiger partial charge in [-0.2, -0.15) is 4.39 Å². The molecule has 0 aliphatic rings. The largest absolute Gasteiger partial charge is 0.361 e. The van der Waals surface area contributed by atoms with E-state index in [0.29, 0.717) is 0 Å². The van der Waals surface area contributed by atoms with E-state index in [4.69, 9.17) is 0 Å². The zero-order valence-corrected chi connectivity index (χ0v) is 9.60. The van der Waals surface area contributed by atoms with Crippen LogP contribution in [0.2, 0.25) is 0 Å². The average Bonchev–Trinajstić information content (AvgIpc) is 2.80. The third-order valence-electron chi connectivity index (χ3n) is 2.83. The van der Waals surface area contributed by atoms with E-state index in [9.17, 15) is 4.39 Å². The first-order valence-corrected chi connectivity index (χ1v) is 5.69. The van der Waals surface area contributed by atoms with Crippen molar-refractivity contribution >= 4 is 23.1 Å². The molecular formula is C15H11FN2. The topological polar surface area (TPSA) is 28.7 Å². The lowest BCUT2D eigenvalue weighted by Gasteiger charge is -1.93. The first kappa shape index (κ1) is 10.7. The average molecular weight is 238 g/mol. The van der Waals surface area contributed by atoms with E-state index in [1.165, 1.54) is 12.3 Å². The number of H-pyrrole nitrogens is 1. The van der Waals surface area contributed by atoms with Gasteiger partial charge in [0.1, 0.15) is 0 Å². The van der Waals surface area contributed by atoms with Crippen molar-refractivity contribution < 1.29 is 4.39 Å². The molecule has 0 saturated carbocycles. The number of halogens is 1. The highest BCUT2D eigenvalue weighted by Gasteiger charge is 1.99.